The zero-order valence-corrected chi connectivity index (χ0v) is 17.6. The van der Waals surface area contributed by atoms with E-state index >= 15 is 0 Å². The maximum absolute atomic E-state index is 12.6. The molecule has 32 heavy (non-hydrogen) atoms. The quantitative estimate of drug-likeness (QED) is 0.331. The van der Waals surface area contributed by atoms with Crippen molar-refractivity contribution in [2.24, 2.45) is 0 Å². The van der Waals surface area contributed by atoms with Gasteiger partial charge in [-0.15, -0.1) is 0 Å². The van der Waals surface area contributed by atoms with Gasteiger partial charge in [-0.2, -0.15) is 4.98 Å². The Bertz CT molecular complexity index is 1370. The molecule has 2 heterocycles. The predicted octanol–water partition coefficient (Wildman–Crippen LogP) is 4.08. The van der Waals surface area contributed by atoms with Crippen molar-refractivity contribution in [1.82, 2.24) is 14.5 Å². The van der Waals surface area contributed by atoms with E-state index in [2.05, 4.69) is 14.7 Å². The van der Waals surface area contributed by atoms with Crippen LogP contribution in [0, 0.1) is 17.0 Å². The number of nitrogens with zero attached hydrogens (tertiary/aromatic N) is 4. The van der Waals surface area contributed by atoms with Crippen molar-refractivity contribution in [2.45, 2.75) is 11.8 Å². The van der Waals surface area contributed by atoms with Crippen LogP contribution in [0.5, 0.6) is 11.6 Å². The van der Waals surface area contributed by atoms with Gasteiger partial charge in [0.25, 0.3) is 15.7 Å². The van der Waals surface area contributed by atoms with Crippen LogP contribution in [0.1, 0.15) is 5.82 Å². The number of nitro groups is 1. The first-order chi connectivity index (χ1) is 15.3. The molecule has 0 atom stereocenters. The van der Waals surface area contributed by atoms with E-state index in [9.17, 15) is 18.5 Å². The summed E-state index contributed by atoms with van der Waals surface area (Å²) < 4.78 is 35.1. The average Bonchev–Trinajstić information content (AvgIpc) is 3.30. The summed E-state index contributed by atoms with van der Waals surface area (Å²) >= 11 is 0. The van der Waals surface area contributed by atoms with E-state index in [4.69, 9.17) is 4.74 Å². The minimum Gasteiger partial charge on any atom is -0.439 e. The van der Waals surface area contributed by atoms with Crippen molar-refractivity contribution in [3.63, 3.8) is 0 Å². The van der Waals surface area contributed by atoms with Crippen molar-refractivity contribution in [3.8, 4) is 17.4 Å². The molecule has 0 bridgehead atoms. The molecular weight excluding hydrogens is 434 g/mol. The summed E-state index contributed by atoms with van der Waals surface area (Å²) in [4.78, 5) is 18.7. The zero-order valence-electron chi connectivity index (χ0n) is 16.7. The molecule has 11 heteroatoms. The molecule has 0 aliphatic carbocycles. The second kappa shape index (κ2) is 8.47. The van der Waals surface area contributed by atoms with E-state index in [0.717, 1.165) is 6.07 Å². The van der Waals surface area contributed by atoms with E-state index in [0.29, 0.717) is 23.3 Å². The highest BCUT2D eigenvalue weighted by atomic mass is 32.2. The van der Waals surface area contributed by atoms with Gasteiger partial charge in [0.05, 0.1) is 9.82 Å². The van der Waals surface area contributed by atoms with E-state index in [1.165, 1.54) is 30.3 Å². The lowest BCUT2D eigenvalue weighted by Gasteiger charge is -2.10. The molecular formula is C21H17N5O5S. The molecule has 1 N–H and O–H groups in total. The molecule has 4 aromatic rings. The normalized spacial score (nSPS) is 11.2. The van der Waals surface area contributed by atoms with Crippen LogP contribution in [0.3, 0.4) is 0 Å². The predicted molar refractivity (Wildman–Crippen MR) is 117 cm³/mol. The molecule has 2 aromatic heterocycles. The number of rotatable bonds is 7. The summed E-state index contributed by atoms with van der Waals surface area (Å²) in [6.07, 6.45) is 3.71. The molecule has 0 saturated heterocycles. The molecule has 0 amide bonds. The van der Waals surface area contributed by atoms with E-state index in [-0.39, 0.29) is 16.3 Å². The zero-order chi connectivity index (χ0) is 22.7. The van der Waals surface area contributed by atoms with Crippen molar-refractivity contribution in [1.29, 1.82) is 0 Å². The SMILES string of the molecule is Cc1nc(Oc2ccc(NS(=O)(=O)c3cccc([N+](=O)[O-])c3)cc2)cc(-n2cccc2)n1. The van der Waals surface area contributed by atoms with Crippen molar-refractivity contribution in [3.05, 3.63) is 95.1 Å². The Kier molecular flexibility index (Phi) is 5.56. The standard InChI is InChI=1S/C21H17N5O5S/c1-15-22-20(25-11-2-3-12-25)14-21(23-15)31-18-9-7-16(8-10-18)24-32(29,30)19-6-4-5-17(13-19)26(27)28/h2-14,24H,1H3. The summed E-state index contributed by atoms with van der Waals surface area (Å²) in [7, 11) is -4.00. The molecule has 0 aliphatic rings. The first kappa shape index (κ1) is 21.0. The van der Waals surface area contributed by atoms with Gasteiger partial charge < -0.3 is 9.30 Å². The van der Waals surface area contributed by atoms with Gasteiger partial charge in [-0.25, -0.2) is 13.4 Å². The number of ether oxygens (including phenoxy) is 1. The second-order valence-corrected chi connectivity index (χ2v) is 8.37. The number of aromatic nitrogens is 3. The number of benzene rings is 2. The summed E-state index contributed by atoms with van der Waals surface area (Å²) in [6, 6.07) is 16.5. The third-order valence-corrected chi connectivity index (χ3v) is 5.72. The van der Waals surface area contributed by atoms with Gasteiger partial charge in [-0.05, 0) is 49.4 Å². The Hall–Kier alpha value is -4.25. The van der Waals surface area contributed by atoms with Crippen molar-refractivity contribution >= 4 is 21.4 Å². The number of hydrogen-bond acceptors (Lipinski definition) is 7. The Morgan fingerprint density at radius 2 is 1.72 bits per heavy atom. The van der Waals surface area contributed by atoms with Gasteiger partial charge >= 0.3 is 0 Å². The van der Waals surface area contributed by atoms with Crippen LogP contribution < -0.4 is 9.46 Å². The molecule has 0 unspecified atom stereocenters. The fraction of sp³-hybridized carbons (Fsp3) is 0.0476. The van der Waals surface area contributed by atoms with Crippen LogP contribution in [0.15, 0.2) is 84.0 Å². The summed E-state index contributed by atoms with van der Waals surface area (Å²) in [6.45, 7) is 1.76. The fourth-order valence-electron chi connectivity index (χ4n) is 2.89. The van der Waals surface area contributed by atoms with Gasteiger partial charge in [-0.3, -0.25) is 14.8 Å². The minimum absolute atomic E-state index is 0.207. The second-order valence-electron chi connectivity index (χ2n) is 6.69. The molecule has 0 saturated carbocycles. The van der Waals surface area contributed by atoms with Crippen molar-refractivity contribution in [2.75, 3.05) is 4.72 Å². The Balaban J connectivity index is 1.50. The lowest BCUT2D eigenvalue weighted by molar-refractivity contribution is -0.385. The number of hydrogen-bond donors (Lipinski definition) is 1. The van der Waals surface area contributed by atoms with Crippen LogP contribution in [0.2, 0.25) is 0 Å². The van der Waals surface area contributed by atoms with Gasteiger partial charge in [0.2, 0.25) is 5.88 Å². The number of nitro benzene ring substituents is 1. The number of nitrogens with one attached hydrogen (secondary N) is 1. The van der Waals surface area contributed by atoms with Crippen LogP contribution in [0.25, 0.3) is 5.82 Å². The van der Waals surface area contributed by atoms with Crippen LogP contribution >= 0.6 is 0 Å². The smallest absolute Gasteiger partial charge is 0.270 e. The maximum atomic E-state index is 12.6. The largest absolute Gasteiger partial charge is 0.439 e. The Morgan fingerprint density at radius 3 is 2.41 bits per heavy atom. The lowest BCUT2D eigenvalue weighted by atomic mass is 10.3. The van der Waals surface area contributed by atoms with E-state index < -0.39 is 14.9 Å². The Morgan fingerprint density at radius 1 is 1.00 bits per heavy atom. The summed E-state index contributed by atoms with van der Waals surface area (Å²) in [5.74, 6) is 1.97. The van der Waals surface area contributed by atoms with Crippen LogP contribution in [-0.2, 0) is 10.0 Å². The molecule has 4 rings (SSSR count). The number of non-ortho nitro benzene ring substituents is 1. The van der Waals surface area contributed by atoms with Gasteiger partial charge in [-0.1, -0.05) is 6.07 Å². The fourth-order valence-corrected chi connectivity index (χ4v) is 3.98. The highest BCUT2D eigenvalue weighted by Crippen LogP contribution is 2.25. The summed E-state index contributed by atoms with van der Waals surface area (Å²) in [5.41, 5.74) is -0.0354. The van der Waals surface area contributed by atoms with Crippen LogP contribution in [0.4, 0.5) is 11.4 Å². The van der Waals surface area contributed by atoms with Gasteiger partial charge in [0, 0.05) is 36.3 Å². The number of aryl methyl sites for hydroxylation is 1. The van der Waals surface area contributed by atoms with Crippen molar-refractivity contribution < 1.29 is 18.1 Å². The van der Waals surface area contributed by atoms with E-state index in [1.807, 2.05) is 29.1 Å². The first-order valence-electron chi connectivity index (χ1n) is 9.34. The molecule has 2 aromatic carbocycles. The number of anilines is 1. The topological polar surface area (TPSA) is 129 Å². The molecule has 162 valence electrons. The third-order valence-electron chi connectivity index (χ3n) is 4.34. The highest BCUT2D eigenvalue weighted by Gasteiger charge is 2.18. The van der Waals surface area contributed by atoms with E-state index in [1.54, 1.807) is 25.1 Å². The Labute approximate surface area is 183 Å². The monoisotopic (exact) mass is 451 g/mol. The molecule has 0 aliphatic heterocycles. The highest BCUT2D eigenvalue weighted by molar-refractivity contribution is 7.92. The minimum atomic E-state index is -4.00. The lowest BCUT2D eigenvalue weighted by Crippen LogP contribution is -2.13. The average molecular weight is 451 g/mol. The summed E-state index contributed by atoms with van der Waals surface area (Å²) in [5, 5.41) is 10.9. The van der Waals surface area contributed by atoms with Gasteiger partial charge in [0.1, 0.15) is 17.4 Å². The van der Waals surface area contributed by atoms with Gasteiger partial charge in [0.15, 0.2) is 0 Å². The molecule has 0 fully saturated rings. The molecule has 10 nitrogen and oxygen atoms in total. The number of sulfonamides is 1. The first-order valence-corrected chi connectivity index (χ1v) is 10.8. The molecule has 0 spiro atoms. The third kappa shape index (κ3) is 4.73. The maximum Gasteiger partial charge on any atom is 0.270 e. The van der Waals surface area contributed by atoms with Crippen LogP contribution in [-0.4, -0.2) is 27.9 Å². The molecule has 0 radical (unpaired) electrons.